The number of ketones is 1. The van der Waals surface area contributed by atoms with Gasteiger partial charge in [0.15, 0.2) is 12.4 Å². The highest BCUT2D eigenvalue weighted by molar-refractivity contribution is 5.99. The second kappa shape index (κ2) is 11.9. The van der Waals surface area contributed by atoms with Gasteiger partial charge in [0.25, 0.3) is 0 Å². The lowest BCUT2D eigenvalue weighted by Gasteiger charge is -2.08. The summed E-state index contributed by atoms with van der Waals surface area (Å²) in [4.78, 5) is 24.0. The normalized spacial score (nSPS) is 10.4. The number of Topliss-reactive ketones (excluding diaryl/α,β-unsaturated/α-hetero) is 1. The van der Waals surface area contributed by atoms with Crippen molar-refractivity contribution >= 4 is 11.8 Å². The summed E-state index contributed by atoms with van der Waals surface area (Å²) in [5.41, 5.74) is 0.937. The molecule has 144 valence electrons. The third-order valence-electron chi connectivity index (χ3n) is 4.29. The lowest BCUT2D eigenvalue weighted by molar-refractivity contribution is 0.0474. The highest BCUT2D eigenvalue weighted by Gasteiger charge is 2.11. The van der Waals surface area contributed by atoms with Gasteiger partial charge in [-0.1, -0.05) is 69.4 Å². The van der Waals surface area contributed by atoms with Crippen LogP contribution in [0.5, 0.6) is 5.75 Å². The van der Waals surface area contributed by atoms with Crippen molar-refractivity contribution in [2.24, 2.45) is 0 Å². The summed E-state index contributed by atoms with van der Waals surface area (Å²) in [6.07, 6.45) is 7.32. The first-order valence-electron chi connectivity index (χ1n) is 9.69. The Labute approximate surface area is 161 Å². The Kier molecular flexibility index (Phi) is 9.11. The van der Waals surface area contributed by atoms with E-state index >= 15 is 0 Å². The number of benzene rings is 2. The number of unbranched alkanes of at least 4 members (excludes halogenated alkanes) is 5. The number of hydrogen-bond donors (Lipinski definition) is 0. The number of ether oxygens (including phenoxy) is 2. The van der Waals surface area contributed by atoms with Gasteiger partial charge in [-0.05, 0) is 30.7 Å². The zero-order chi connectivity index (χ0) is 19.3. The molecule has 0 aliphatic heterocycles. The van der Waals surface area contributed by atoms with E-state index in [1.165, 1.54) is 32.1 Å². The van der Waals surface area contributed by atoms with Gasteiger partial charge < -0.3 is 9.47 Å². The highest BCUT2D eigenvalue weighted by Crippen LogP contribution is 2.14. The number of carbonyl (C=O) groups is 2. The minimum absolute atomic E-state index is 0.220. The molecule has 0 amide bonds. The Balaban J connectivity index is 1.69. The fraction of sp³-hybridized carbons (Fsp3) is 0.391. The molecule has 2 aromatic carbocycles. The molecule has 0 saturated carbocycles. The number of esters is 1. The topological polar surface area (TPSA) is 52.6 Å². The fourth-order valence-corrected chi connectivity index (χ4v) is 2.68. The molecule has 0 heterocycles. The van der Waals surface area contributed by atoms with Crippen LogP contribution in [0.25, 0.3) is 0 Å². The number of rotatable bonds is 12. The van der Waals surface area contributed by atoms with Gasteiger partial charge in [-0.2, -0.15) is 0 Å². The Hall–Kier alpha value is -2.62. The molecule has 4 heteroatoms. The first kappa shape index (κ1) is 20.7. The van der Waals surface area contributed by atoms with Crippen molar-refractivity contribution in [2.75, 3.05) is 13.2 Å². The van der Waals surface area contributed by atoms with E-state index in [0.717, 1.165) is 12.2 Å². The van der Waals surface area contributed by atoms with Crippen LogP contribution in [-0.4, -0.2) is 25.0 Å². The zero-order valence-electron chi connectivity index (χ0n) is 16.0. The van der Waals surface area contributed by atoms with Gasteiger partial charge in [-0.3, -0.25) is 4.79 Å². The summed E-state index contributed by atoms with van der Waals surface area (Å²) in [6.45, 7) is 2.63. The molecule has 0 saturated heterocycles. The van der Waals surface area contributed by atoms with Gasteiger partial charge in [-0.25, -0.2) is 4.79 Å². The van der Waals surface area contributed by atoms with Crippen molar-refractivity contribution in [1.29, 1.82) is 0 Å². The van der Waals surface area contributed by atoms with E-state index in [4.69, 9.17) is 9.47 Å². The maximum atomic E-state index is 12.1. The van der Waals surface area contributed by atoms with Crippen molar-refractivity contribution in [1.82, 2.24) is 0 Å². The van der Waals surface area contributed by atoms with Crippen LogP contribution in [0.2, 0.25) is 0 Å². The quantitative estimate of drug-likeness (QED) is 0.283. The predicted octanol–water partition coefficient (Wildman–Crippen LogP) is 5.47. The molecule has 4 nitrogen and oxygen atoms in total. The maximum Gasteiger partial charge on any atom is 0.338 e. The van der Waals surface area contributed by atoms with Gasteiger partial charge in [-0.15, -0.1) is 0 Å². The van der Waals surface area contributed by atoms with Crippen LogP contribution in [0.1, 0.15) is 66.2 Å². The average molecular weight is 368 g/mol. The van der Waals surface area contributed by atoms with Gasteiger partial charge in [0.1, 0.15) is 5.75 Å². The van der Waals surface area contributed by atoms with Crippen LogP contribution in [-0.2, 0) is 4.74 Å². The molecule has 0 N–H and O–H groups in total. The molecular weight excluding hydrogens is 340 g/mol. The molecule has 0 bridgehead atoms. The Morgan fingerprint density at radius 1 is 0.778 bits per heavy atom. The number of carbonyl (C=O) groups excluding carboxylic acids is 2. The van der Waals surface area contributed by atoms with Crippen LogP contribution < -0.4 is 4.74 Å². The van der Waals surface area contributed by atoms with Crippen molar-refractivity contribution in [3.63, 3.8) is 0 Å². The lowest BCUT2D eigenvalue weighted by Crippen LogP contribution is -2.14. The van der Waals surface area contributed by atoms with E-state index in [1.54, 1.807) is 48.5 Å². The molecular formula is C23H28O4. The fourth-order valence-electron chi connectivity index (χ4n) is 2.68. The molecule has 0 aliphatic rings. The molecule has 0 unspecified atom stereocenters. The molecule has 0 spiro atoms. The van der Waals surface area contributed by atoms with E-state index in [1.807, 2.05) is 6.07 Å². The van der Waals surface area contributed by atoms with Gasteiger partial charge in [0.2, 0.25) is 0 Å². The summed E-state index contributed by atoms with van der Waals surface area (Å²) in [5.74, 6) is 0.00469. The van der Waals surface area contributed by atoms with Crippen molar-refractivity contribution in [3.8, 4) is 5.75 Å². The van der Waals surface area contributed by atoms with Crippen LogP contribution in [0.4, 0.5) is 0 Å². The van der Waals surface area contributed by atoms with Gasteiger partial charge in [0, 0.05) is 5.56 Å². The third-order valence-corrected chi connectivity index (χ3v) is 4.29. The van der Waals surface area contributed by atoms with Crippen LogP contribution in [0.3, 0.4) is 0 Å². The van der Waals surface area contributed by atoms with Crippen LogP contribution in [0.15, 0.2) is 54.6 Å². The smallest absolute Gasteiger partial charge is 0.338 e. The van der Waals surface area contributed by atoms with Crippen molar-refractivity contribution < 1.29 is 19.1 Å². The highest BCUT2D eigenvalue weighted by atomic mass is 16.5. The number of hydrogen-bond acceptors (Lipinski definition) is 4. The monoisotopic (exact) mass is 368 g/mol. The predicted molar refractivity (Wildman–Crippen MR) is 106 cm³/mol. The molecule has 2 rings (SSSR count). The van der Waals surface area contributed by atoms with E-state index < -0.39 is 5.97 Å². The van der Waals surface area contributed by atoms with E-state index in [-0.39, 0.29) is 12.4 Å². The second-order valence-corrected chi connectivity index (χ2v) is 6.51. The third kappa shape index (κ3) is 7.65. The largest absolute Gasteiger partial charge is 0.494 e. The zero-order valence-corrected chi connectivity index (χ0v) is 16.0. The molecule has 0 aliphatic carbocycles. The second-order valence-electron chi connectivity index (χ2n) is 6.51. The molecule has 27 heavy (non-hydrogen) atoms. The summed E-state index contributed by atoms with van der Waals surface area (Å²) in [7, 11) is 0. The van der Waals surface area contributed by atoms with Gasteiger partial charge >= 0.3 is 5.97 Å². The van der Waals surface area contributed by atoms with E-state index in [9.17, 15) is 9.59 Å². The lowest BCUT2D eigenvalue weighted by atomic mass is 10.1. The maximum absolute atomic E-state index is 12.1. The molecule has 0 radical (unpaired) electrons. The summed E-state index contributed by atoms with van der Waals surface area (Å²) in [5, 5.41) is 0. The van der Waals surface area contributed by atoms with Crippen molar-refractivity contribution in [2.45, 2.75) is 45.4 Å². The summed E-state index contributed by atoms with van der Waals surface area (Å²) >= 11 is 0. The molecule has 2 aromatic rings. The minimum Gasteiger partial charge on any atom is -0.494 e. The minimum atomic E-state index is -0.512. The first-order valence-corrected chi connectivity index (χ1v) is 9.69. The average Bonchev–Trinajstić information content (AvgIpc) is 2.72. The first-order chi connectivity index (χ1) is 13.2. The van der Waals surface area contributed by atoms with Crippen LogP contribution >= 0.6 is 0 Å². The molecule has 0 aromatic heterocycles. The Bertz CT molecular complexity index is 692. The summed E-state index contributed by atoms with van der Waals surface area (Å²) < 4.78 is 10.8. The molecule has 0 fully saturated rings. The van der Waals surface area contributed by atoms with Crippen LogP contribution in [0, 0.1) is 0 Å². The van der Waals surface area contributed by atoms with E-state index in [2.05, 4.69) is 6.92 Å². The molecule has 0 atom stereocenters. The van der Waals surface area contributed by atoms with E-state index in [0.29, 0.717) is 17.7 Å². The van der Waals surface area contributed by atoms with Crippen molar-refractivity contribution in [3.05, 3.63) is 65.7 Å². The summed E-state index contributed by atoms with van der Waals surface area (Å²) in [6, 6.07) is 15.6. The Morgan fingerprint density at radius 2 is 1.44 bits per heavy atom. The SMILES string of the molecule is CCCCCCCCOc1ccc(C(=O)OCC(=O)c2ccccc2)cc1. The Morgan fingerprint density at radius 3 is 2.15 bits per heavy atom. The standard InChI is InChI=1S/C23H28O4/c1-2-3-4-5-6-10-17-26-21-15-13-20(14-16-21)23(25)27-18-22(24)19-11-8-7-9-12-19/h7-9,11-16H,2-6,10,17-18H2,1H3. The van der Waals surface area contributed by atoms with Gasteiger partial charge in [0.05, 0.1) is 12.2 Å².